The van der Waals surface area contributed by atoms with Gasteiger partial charge in [0.05, 0.1) is 17.3 Å². The lowest BCUT2D eigenvalue weighted by Crippen LogP contribution is -2.53. The largest absolute Gasteiger partial charge is 0.416 e. The Morgan fingerprint density at radius 3 is 2.62 bits per heavy atom. The number of aliphatic hydroxyl groups is 2. The van der Waals surface area contributed by atoms with Gasteiger partial charge in [0.15, 0.2) is 0 Å². The number of hydrogen-bond donors (Lipinski definition) is 2. The van der Waals surface area contributed by atoms with E-state index in [0.717, 1.165) is 18.2 Å². The second kappa shape index (κ2) is 5.55. The second-order valence-electron chi connectivity index (χ2n) is 5.66. The van der Waals surface area contributed by atoms with E-state index in [2.05, 4.69) is 0 Å². The van der Waals surface area contributed by atoms with Crippen molar-refractivity contribution < 1.29 is 27.8 Å². The van der Waals surface area contributed by atoms with Gasteiger partial charge in [0.25, 0.3) is 0 Å². The molecule has 0 aliphatic carbocycles. The van der Waals surface area contributed by atoms with Gasteiger partial charge in [0.2, 0.25) is 0 Å². The van der Waals surface area contributed by atoms with Crippen molar-refractivity contribution in [3.05, 3.63) is 35.1 Å². The van der Waals surface area contributed by atoms with Crippen molar-refractivity contribution >= 4 is 0 Å². The van der Waals surface area contributed by atoms with Gasteiger partial charge < -0.3 is 10.2 Å². The lowest BCUT2D eigenvalue weighted by Gasteiger charge is -2.40. The fourth-order valence-electron chi connectivity index (χ4n) is 2.44. The minimum atomic E-state index is -4.55. The highest BCUT2D eigenvalue weighted by atomic mass is 19.4. The van der Waals surface area contributed by atoms with Gasteiger partial charge in [-0.25, -0.2) is 4.39 Å². The van der Waals surface area contributed by atoms with Gasteiger partial charge in [0.1, 0.15) is 5.82 Å². The van der Waals surface area contributed by atoms with Crippen LogP contribution in [0.3, 0.4) is 0 Å². The molecule has 1 heterocycles. The third kappa shape index (κ3) is 3.72. The first-order valence-corrected chi connectivity index (χ1v) is 6.58. The summed E-state index contributed by atoms with van der Waals surface area (Å²) in [5.74, 6) is -0.734. The molecule has 2 N–H and O–H groups in total. The first-order valence-electron chi connectivity index (χ1n) is 6.58. The molecule has 21 heavy (non-hydrogen) atoms. The minimum Gasteiger partial charge on any atom is -0.389 e. The van der Waals surface area contributed by atoms with E-state index in [1.165, 1.54) is 6.92 Å². The zero-order chi connectivity index (χ0) is 15.8. The van der Waals surface area contributed by atoms with Gasteiger partial charge >= 0.3 is 6.18 Å². The zero-order valence-corrected chi connectivity index (χ0v) is 11.5. The molecule has 7 heteroatoms. The molecule has 0 spiro atoms. The van der Waals surface area contributed by atoms with E-state index in [1.54, 1.807) is 4.90 Å². The number of hydrogen-bond acceptors (Lipinski definition) is 3. The number of β-amino-alcohol motifs (C(OH)–C–C–N with tert-alkyl or cyclic N) is 1. The predicted octanol–water partition coefficient (Wildman–Crippen LogP) is 2.16. The number of piperidine rings is 1. The fourth-order valence-corrected chi connectivity index (χ4v) is 2.44. The Morgan fingerprint density at radius 1 is 1.38 bits per heavy atom. The number of benzene rings is 1. The van der Waals surface area contributed by atoms with Crippen LogP contribution in [0.2, 0.25) is 0 Å². The summed E-state index contributed by atoms with van der Waals surface area (Å²) in [5.41, 5.74) is -2.29. The highest BCUT2D eigenvalue weighted by Crippen LogP contribution is 2.33. The van der Waals surface area contributed by atoms with Gasteiger partial charge in [-0.2, -0.15) is 13.2 Å². The fraction of sp³-hybridized carbons (Fsp3) is 0.571. The maximum Gasteiger partial charge on any atom is 0.416 e. The average molecular weight is 307 g/mol. The molecule has 1 aromatic carbocycles. The molecule has 1 saturated heterocycles. The lowest BCUT2D eigenvalue weighted by molar-refractivity contribution is -0.139. The van der Waals surface area contributed by atoms with E-state index >= 15 is 0 Å². The molecule has 2 rings (SSSR count). The molecule has 3 nitrogen and oxygen atoms in total. The summed E-state index contributed by atoms with van der Waals surface area (Å²) in [7, 11) is 0. The first-order chi connectivity index (χ1) is 9.59. The average Bonchev–Trinajstić information content (AvgIpc) is 2.33. The van der Waals surface area contributed by atoms with Crippen molar-refractivity contribution in [1.82, 2.24) is 4.90 Å². The van der Waals surface area contributed by atoms with E-state index in [1.807, 2.05) is 0 Å². The van der Waals surface area contributed by atoms with E-state index in [4.69, 9.17) is 0 Å². The van der Waals surface area contributed by atoms with Crippen molar-refractivity contribution in [3.8, 4) is 0 Å². The van der Waals surface area contributed by atoms with E-state index in [-0.39, 0.29) is 25.1 Å². The molecule has 0 saturated carbocycles. The molecule has 0 radical (unpaired) electrons. The Bertz CT molecular complexity index is 516. The van der Waals surface area contributed by atoms with E-state index < -0.39 is 29.3 Å². The molecule has 1 aliphatic heterocycles. The molecule has 0 amide bonds. The van der Waals surface area contributed by atoms with Crippen molar-refractivity contribution in [2.75, 3.05) is 13.1 Å². The van der Waals surface area contributed by atoms with E-state index in [9.17, 15) is 27.8 Å². The molecule has 1 aliphatic rings. The van der Waals surface area contributed by atoms with Gasteiger partial charge in [-0.05, 0) is 37.1 Å². The lowest BCUT2D eigenvalue weighted by atomic mass is 9.90. The summed E-state index contributed by atoms with van der Waals surface area (Å²) < 4.78 is 51.9. The van der Waals surface area contributed by atoms with Gasteiger partial charge in [-0.1, -0.05) is 0 Å². The highest BCUT2D eigenvalue weighted by molar-refractivity contribution is 5.30. The number of aliphatic hydroxyl groups excluding tert-OH is 1. The third-order valence-electron chi connectivity index (χ3n) is 3.85. The highest BCUT2D eigenvalue weighted by Gasteiger charge is 2.38. The molecular formula is C14H17F4NO2. The molecular weight excluding hydrogens is 290 g/mol. The Hall–Kier alpha value is -1.18. The molecule has 0 unspecified atom stereocenters. The van der Waals surface area contributed by atoms with Gasteiger partial charge in [-0.15, -0.1) is 0 Å². The summed E-state index contributed by atoms with van der Waals surface area (Å²) in [6.45, 7) is 1.73. The van der Waals surface area contributed by atoms with Crippen LogP contribution in [-0.2, 0) is 12.7 Å². The normalized spacial score (nSPS) is 27.9. The maximum absolute atomic E-state index is 13.2. The molecule has 2 atom stereocenters. The van der Waals surface area contributed by atoms with E-state index in [0.29, 0.717) is 6.54 Å². The van der Waals surface area contributed by atoms with Crippen LogP contribution in [0.4, 0.5) is 17.6 Å². The number of nitrogens with zero attached hydrogens (tertiary/aromatic N) is 1. The zero-order valence-electron chi connectivity index (χ0n) is 11.5. The summed E-state index contributed by atoms with van der Waals surface area (Å²) in [4.78, 5) is 1.58. The van der Waals surface area contributed by atoms with Crippen LogP contribution in [0.5, 0.6) is 0 Å². The smallest absolute Gasteiger partial charge is 0.389 e. The molecule has 1 aromatic rings. The van der Waals surface area contributed by atoms with Crippen LogP contribution < -0.4 is 0 Å². The number of alkyl halides is 3. The summed E-state index contributed by atoms with van der Waals surface area (Å²) in [5, 5.41) is 19.6. The molecule has 0 aromatic heterocycles. The van der Waals surface area contributed by atoms with Crippen LogP contribution in [0, 0.1) is 5.82 Å². The topological polar surface area (TPSA) is 43.7 Å². The van der Waals surface area contributed by atoms with Crippen molar-refractivity contribution in [2.24, 2.45) is 0 Å². The molecule has 1 fully saturated rings. The standard InChI is InChI=1S/C14H17F4NO2/c1-13(21)4-5-19(8-12(13)20)7-9-6-10(15)2-3-11(9)14(16,17)18/h2-3,6,12,20-21H,4-5,7-8H2,1H3/t12-,13-/m0/s1. The number of halogens is 4. The summed E-state index contributed by atoms with van der Waals surface area (Å²) >= 11 is 0. The second-order valence-corrected chi connectivity index (χ2v) is 5.66. The Balaban J connectivity index is 2.19. The van der Waals surface area contributed by atoms with Crippen LogP contribution >= 0.6 is 0 Å². The Labute approximate surface area is 119 Å². The Morgan fingerprint density at radius 2 is 2.05 bits per heavy atom. The molecule has 118 valence electrons. The van der Waals surface area contributed by atoms with Gasteiger partial charge in [-0.3, -0.25) is 4.90 Å². The Kier molecular flexibility index (Phi) is 4.28. The predicted molar refractivity (Wildman–Crippen MR) is 67.9 cm³/mol. The van der Waals surface area contributed by atoms with Crippen molar-refractivity contribution in [1.29, 1.82) is 0 Å². The molecule has 0 bridgehead atoms. The van der Waals surface area contributed by atoms with Crippen LogP contribution in [-0.4, -0.2) is 39.9 Å². The maximum atomic E-state index is 13.2. The SMILES string of the molecule is C[C@]1(O)CCN(Cc2cc(F)ccc2C(F)(F)F)C[C@@H]1O. The third-order valence-corrected chi connectivity index (χ3v) is 3.85. The first kappa shape index (κ1) is 16.2. The minimum absolute atomic E-state index is 0.0425. The van der Waals surface area contributed by atoms with Crippen LogP contribution in [0.15, 0.2) is 18.2 Å². The van der Waals surface area contributed by atoms with Gasteiger partial charge in [0, 0.05) is 19.6 Å². The van der Waals surface area contributed by atoms with Crippen molar-refractivity contribution in [2.45, 2.75) is 37.8 Å². The summed E-state index contributed by atoms with van der Waals surface area (Å²) in [6.07, 6.45) is -5.36. The van der Waals surface area contributed by atoms with Crippen molar-refractivity contribution in [3.63, 3.8) is 0 Å². The number of likely N-dealkylation sites (tertiary alicyclic amines) is 1. The number of rotatable bonds is 2. The summed E-state index contributed by atoms with van der Waals surface area (Å²) in [6, 6.07) is 2.37. The van der Waals surface area contributed by atoms with Crippen LogP contribution in [0.1, 0.15) is 24.5 Å². The monoisotopic (exact) mass is 307 g/mol. The quantitative estimate of drug-likeness (QED) is 0.823. The van der Waals surface area contributed by atoms with Crippen LogP contribution in [0.25, 0.3) is 0 Å².